The number of hydrogen-bond donors (Lipinski definition) is 1. The third-order valence-electron chi connectivity index (χ3n) is 2.78. The van der Waals surface area contributed by atoms with Crippen LogP contribution in [0.1, 0.15) is 12.8 Å². The molecule has 1 aromatic rings. The van der Waals surface area contributed by atoms with E-state index in [2.05, 4.69) is 10.4 Å². The molecule has 2 heterocycles. The minimum absolute atomic E-state index is 0.0207. The van der Waals surface area contributed by atoms with Gasteiger partial charge in [0, 0.05) is 51.4 Å². The Labute approximate surface area is 99.6 Å². The first-order valence-corrected chi connectivity index (χ1v) is 5.77. The molecule has 0 aliphatic carbocycles. The molecule has 1 saturated heterocycles. The standard InChI is InChI=1S/C11H16N4O2/c16-10-2-7-14(9-5-12-10)11(17)3-8-15-6-1-4-13-15/h1,4,6H,2-3,5,7-9H2,(H,12,16). The molecule has 6 heteroatoms. The van der Waals surface area contributed by atoms with Crippen LogP contribution in [0.25, 0.3) is 0 Å². The zero-order valence-electron chi connectivity index (χ0n) is 9.63. The van der Waals surface area contributed by atoms with Crippen LogP contribution in [0.4, 0.5) is 0 Å². The fourth-order valence-electron chi connectivity index (χ4n) is 1.82. The lowest BCUT2D eigenvalue weighted by atomic mass is 10.3. The zero-order valence-corrected chi connectivity index (χ0v) is 9.63. The number of nitrogens with one attached hydrogen (secondary N) is 1. The number of hydrogen-bond acceptors (Lipinski definition) is 3. The van der Waals surface area contributed by atoms with E-state index >= 15 is 0 Å². The second-order valence-electron chi connectivity index (χ2n) is 4.00. The van der Waals surface area contributed by atoms with Gasteiger partial charge in [0.15, 0.2) is 0 Å². The molecule has 0 spiro atoms. The van der Waals surface area contributed by atoms with Crippen molar-refractivity contribution in [3.8, 4) is 0 Å². The molecule has 1 fully saturated rings. The molecule has 2 rings (SSSR count). The number of carbonyl (C=O) groups is 2. The third kappa shape index (κ3) is 3.30. The Bertz CT molecular complexity index is 388. The van der Waals surface area contributed by atoms with Crippen LogP contribution in [-0.4, -0.2) is 46.1 Å². The van der Waals surface area contributed by atoms with Gasteiger partial charge in [-0.15, -0.1) is 0 Å². The molecule has 0 saturated carbocycles. The number of carbonyl (C=O) groups excluding carboxylic acids is 2. The Kier molecular flexibility index (Phi) is 3.74. The minimum atomic E-state index is 0.0207. The van der Waals surface area contributed by atoms with Gasteiger partial charge in [0.1, 0.15) is 0 Å². The molecule has 92 valence electrons. The lowest BCUT2D eigenvalue weighted by molar-refractivity contribution is -0.131. The maximum Gasteiger partial charge on any atom is 0.224 e. The molecule has 1 aromatic heterocycles. The maximum absolute atomic E-state index is 11.9. The highest BCUT2D eigenvalue weighted by Crippen LogP contribution is 2.01. The Morgan fingerprint density at radius 1 is 1.47 bits per heavy atom. The van der Waals surface area contributed by atoms with Gasteiger partial charge in [0.2, 0.25) is 11.8 Å². The molecule has 1 aliphatic heterocycles. The van der Waals surface area contributed by atoms with Crippen molar-refractivity contribution >= 4 is 11.8 Å². The summed E-state index contributed by atoms with van der Waals surface area (Å²) in [5.41, 5.74) is 0. The molecular weight excluding hydrogens is 220 g/mol. The van der Waals surface area contributed by atoms with Crippen molar-refractivity contribution < 1.29 is 9.59 Å². The molecule has 0 radical (unpaired) electrons. The molecule has 1 N–H and O–H groups in total. The average molecular weight is 236 g/mol. The Morgan fingerprint density at radius 2 is 2.35 bits per heavy atom. The first kappa shape index (κ1) is 11.6. The predicted molar refractivity (Wildman–Crippen MR) is 61.1 cm³/mol. The van der Waals surface area contributed by atoms with Gasteiger partial charge in [0.05, 0.1) is 0 Å². The number of amides is 2. The van der Waals surface area contributed by atoms with Crippen LogP contribution in [0.2, 0.25) is 0 Å². The highest BCUT2D eigenvalue weighted by atomic mass is 16.2. The van der Waals surface area contributed by atoms with Gasteiger partial charge < -0.3 is 10.2 Å². The summed E-state index contributed by atoms with van der Waals surface area (Å²) in [7, 11) is 0. The van der Waals surface area contributed by atoms with E-state index in [1.807, 2.05) is 12.3 Å². The molecule has 17 heavy (non-hydrogen) atoms. The second-order valence-corrected chi connectivity index (χ2v) is 4.00. The highest BCUT2D eigenvalue weighted by Gasteiger charge is 2.17. The van der Waals surface area contributed by atoms with Crippen molar-refractivity contribution in [2.45, 2.75) is 19.4 Å². The van der Waals surface area contributed by atoms with E-state index < -0.39 is 0 Å². The van der Waals surface area contributed by atoms with E-state index in [4.69, 9.17) is 0 Å². The summed E-state index contributed by atoms with van der Waals surface area (Å²) in [4.78, 5) is 24.8. The van der Waals surface area contributed by atoms with Crippen LogP contribution in [0.15, 0.2) is 18.5 Å². The summed E-state index contributed by atoms with van der Waals surface area (Å²) in [5, 5.41) is 6.79. The third-order valence-corrected chi connectivity index (χ3v) is 2.78. The average Bonchev–Trinajstić information content (AvgIpc) is 2.74. The summed E-state index contributed by atoms with van der Waals surface area (Å²) in [6.07, 6.45) is 4.35. The van der Waals surface area contributed by atoms with Crippen LogP contribution in [-0.2, 0) is 16.1 Å². The van der Waals surface area contributed by atoms with E-state index in [0.29, 0.717) is 39.0 Å². The molecule has 2 amide bonds. The van der Waals surface area contributed by atoms with Gasteiger partial charge >= 0.3 is 0 Å². The van der Waals surface area contributed by atoms with Gasteiger partial charge in [-0.2, -0.15) is 5.10 Å². The molecule has 0 atom stereocenters. The van der Waals surface area contributed by atoms with Crippen LogP contribution in [0.3, 0.4) is 0 Å². The van der Waals surface area contributed by atoms with Crippen molar-refractivity contribution in [2.75, 3.05) is 19.6 Å². The van der Waals surface area contributed by atoms with Gasteiger partial charge in [-0.05, 0) is 6.07 Å². The number of rotatable bonds is 3. The van der Waals surface area contributed by atoms with E-state index in [9.17, 15) is 9.59 Å². The molecule has 0 unspecified atom stereocenters. The molecule has 1 aliphatic rings. The van der Waals surface area contributed by atoms with Crippen LogP contribution in [0, 0.1) is 0 Å². The van der Waals surface area contributed by atoms with Crippen molar-refractivity contribution in [3.63, 3.8) is 0 Å². The second kappa shape index (κ2) is 5.47. The summed E-state index contributed by atoms with van der Waals surface area (Å²) in [6, 6.07) is 1.83. The van der Waals surface area contributed by atoms with Crippen LogP contribution >= 0.6 is 0 Å². The summed E-state index contributed by atoms with van der Waals surface area (Å²) >= 11 is 0. The monoisotopic (exact) mass is 236 g/mol. The lowest BCUT2D eigenvalue weighted by Gasteiger charge is -2.19. The van der Waals surface area contributed by atoms with E-state index in [1.54, 1.807) is 15.8 Å². The fraction of sp³-hybridized carbons (Fsp3) is 0.545. The number of aromatic nitrogens is 2. The Morgan fingerprint density at radius 3 is 3.12 bits per heavy atom. The maximum atomic E-state index is 11.9. The van der Waals surface area contributed by atoms with Gasteiger partial charge in [-0.1, -0.05) is 0 Å². The van der Waals surface area contributed by atoms with E-state index in [0.717, 1.165) is 0 Å². The van der Waals surface area contributed by atoms with Crippen molar-refractivity contribution in [3.05, 3.63) is 18.5 Å². The summed E-state index contributed by atoms with van der Waals surface area (Å²) < 4.78 is 1.74. The number of nitrogens with zero attached hydrogens (tertiary/aromatic N) is 3. The van der Waals surface area contributed by atoms with E-state index in [1.165, 1.54) is 0 Å². The first-order chi connectivity index (χ1) is 8.25. The van der Waals surface area contributed by atoms with E-state index in [-0.39, 0.29) is 11.8 Å². The fourth-order valence-corrected chi connectivity index (χ4v) is 1.82. The predicted octanol–water partition coefficient (Wildman–Crippen LogP) is -0.378. The largest absolute Gasteiger partial charge is 0.354 e. The summed E-state index contributed by atoms with van der Waals surface area (Å²) in [5.74, 6) is 0.101. The van der Waals surface area contributed by atoms with Gasteiger partial charge in [-0.3, -0.25) is 14.3 Å². The van der Waals surface area contributed by atoms with Crippen molar-refractivity contribution in [1.29, 1.82) is 0 Å². The molecule has 6 nitrogen and oxygen atoms in total. The van der Waals surface area contributed by atoms with Crippen molar-refractivity contribution in [2.24, 2.45) is 0 Å². The highest BCUT2D eigenvalue weighted by molar-refractivity contribution is 5.80. The minimum Gasteiger partial charge on any atom is -0.354 e. The van der Waals surface area contributed by atoms with Crippen LogP contribution in [0.5, 0.6) is 0 Å². The molecule has 0 bridgehead atoms. The van der Waals surface area contributed by atoms with Gasteiger partial charge in [0.25, 0.3) is 0 Å². The SMILES string of the molecule is O=C1CCN(C(=O)CCn2cccn2)CCN1. The zero-order chi connectivity index (χ0) is 12.1. The van der Waals surface area contributed by atoms with Crippen molar-refractivity contribution in [1.82, 2.24) is 20.0 Å². The Hall–Kier alpha value is -1.85. The Balaban J connectivity index is 1.80. The smallest absolute Gasteiger partial charge is 0.224 e. The molecule has 0 aromatic carbocycles. The van der Waals surface area contributed by atoms with Crippen LogP contribution < -0.4 is 5.32 Å². The topological polar surface area (TPSA) is 67.2 Å². The lowest BCUT2D eigenvalue weighted by Crippen LogP contribution is -2.34. The molecular formula is C11H16N4O2. The number of aryl methyl sites for hydroxylation is 1. The first-order valence-electron chi connectivity index (χ1n) is 5.77. The normalized spacial score (nSPS) is 16.5. The summed E-state index contributed by atoms with van der Waals surface area (Å²) in [6.45, 7) is 2.25. The quantitative estimate of drug-likeness (QED) is 0.778. The van der Waals surface area contributed by atoms with Gasteiger partial charge in [-0.25, -0.2) is 0 Å².